The van der Waals surface area contributed by atoms with Gasteiger partial charge in [0.15, 0.2) is 0 Å². The van der Waals surface area contributed by atoms with Gasteiger partial charge in [-0.1, -0.05) is 38.5 Å². The first kappa shape index (κ1) is 14.4. The lowest BCUT2D eigenvalue weighted by atomic mass is 9.70. The summed E-state index contributed by atoms with van der Waals surface area (Å²) in [5.41, 5.74) is 2.35. The number of aryl methyl sites for hydroxylation is 1. The highest BCUT2D eigenvalue weighted by Crippen LogP contribution is 2.66. The number of ether oxygens (including phenoxy) is 1. The van der Waals surface area contributed by atoms with Gasteiger partial charge in [0.25, 0.3) is 0 Å². The van der Waals surface area contributed by atoms with Gasteiger partial charge in [-0.05, 0) is 49.7 Å². The summed E-state index contributed by atoms with van der Waals surface area (Å²) < 4.78 is 5.77. The van der Waals surface area contributed by atoms with Crippen LogP contribution in [0.5, 0.6) is 0 Å². The second kappa shape index (κ2) is 4.75. The number of benzene rings is 1. The van der Waals surface area contributed by atoms with E-state index in [1.165, 1.54) is 12.0 Å². The number of rotatable bonds is 2. The highest BCUT2D eigenvalue weighted by Gasteiger charge is 2.62. The minimum Gasteiger partial charge on any atom is -0.445 e. The molecule has 0 radical (unpaired) electrons. The van der Waals surface area contributed by atoms with Gasteiger partial charge in [0.1, 0.15) is 6.10 Å². The summed E-state index contributed by atoms with van der Waals surface area (Å²) in [6.45, 7) is 8.96. The molecule has 2 aliphatic carbocycles. The Morgan fingerprint density at radius 3 is 2.43 bits per heavy atom. The maximum atomic E-state index is 12.1. The number of carbonyl (C=O) groups is 1. The van der Waals surface area contributed by atoms with Crippen molar-refractivity contribution in [3.05, 3.63) is 29.8 Å². The summed E-state index contributed by atoms with van der Waals surface area (Å²) in [7, 11) is 0. The average molecular weight is 287 g/mol. The standard InChI is InChI=1S/C18H25NO2/c1-12-5-7-14(8-6-12)19-16(20)21-15-11-13-9-10-18(15,4)17(13,2)3/h5-8,13,15H,9-11H2,1-4H3,(H,19,20)/t13-,15+,18-/m0/s1. The van der Waals surface area contributed by atoms with Crippen LogP contribution in [0, 0.1) is 23.7 Å². The molecule has 3 heteroatoms. The van der Waals surface area contributed by atoms with E-state index < -0.39 is 0 Å². The molecule has 21 heavy (non-hydrogen) atoms. The van der Waals surface area contributed by atoms with Gasteiger partial charge >= 0.3 is 6.09 Å². The van der Waals surface area contributed by atoms with Gasteiger partial charge in [0.05, 0.1) is 0 Å². The Morgan fingerprint density at radius 1 is 1.24 bits per heavy atom. The maximum Gasteiger partial charge on any atom is 0.411 e. The molecule has 114 valence electrons. The van der Waals surface area contributed by atoms with Crippen LogP contribution in [0.3, 0.4) is 0 Å². The Morgan fingerprint density at radius 2 is 1.90 bits per heavy atom. The molecule has 2 aliphatic rings. The fourth-order valence-corrected chi connectivity index (χ4v) is 4.22. The van der Waals surface area contributed by atoms with E-state index in [9.17, 15) is 4.79 Å². The van der Waals surface area contributed by atoms with Crippen LogP contribution in [0.1, 0.15) is 45.6 Å². The van der Waals surface area contributed by atoms with Crippen LogP contribution >= 0.6 is 0 Å². The number of fused-ring (bicyclic) bond motifs is 2. The molecule has 1 aromatic carbocycles. The molecule has 0 spiro atoms. The van der Waals surface area contributed by atoms with Crippen LogP contribution in [-0.4, -0.2) is 12.2 Å². The smallest absolute Gasteiger partial charge is 0.411 e. The van der Waals surface area contributed by atoms with Crippen LogP contribution in [0.2, 0.25) is 0 Å². The van der Waals surface area contributed by atoms with E-state index in [-0.39, 0.29) is 23.0 Å². The number of hydrogen-bond donors (Lipinski definition) is 1. The predicted octanol–water partition coefficient (Wildman–Crippen LogP) is 4.76. The lowest BCUT2D eigenvalue weighted by molar-refractivity contribution is 0.00148. The first-order chi connectivity index (χ1) is 9.83. The predicted molar refractivity (Wildman–Crippen MR) is 84.3 cm³/mol. The molecule has 0 saturated heterocycles. The Kier molecular flexibility index (Phi) is 3.27. The third-order valence-electron chi connectivity index (χ3n) is 6.26. The van der Waals surface area contributed by atoms with E-state index in [0.717, 1.165) is 18.5 Å². The number of carbonyl (C=O) groups excluding carboxylic acids is 1. The van der Waals surface area contributed by atoms with Gasteiger partial charge in [-0.25, -0.2) is 4.79 Å². The van der Waals surface area contributed by atoms with Crippen LogP contribution in [-0.2, 0) is 4.74 Å². The summed E-state index contributed by atoms with van der Waals surface area (Å²) in [5, 5.41) is 2.84. The van der Waals surface area contributed by atoms with Crippen molar-refractivity contribution in [2.45, 2.75) is 53.1 Å². The number of hydrogen-bond acceptors (Lipinski definition) is 2. The van der Waals surface area contributed by atoms with Crippen LogP contribution in [0.25, 0.3) is 0 Å². The normalized spacial score (nSPS) is 33.0. The van der Waals surface area contributed by atoms with E-state index in [1.807, 2.05) is 31.2 Å². The minimum absolute atomic E-state index is 0.0386. The van der Waals surface area contributed by atoms with Crippen molar-refractivity contribution >= 4 is 11.8 Å². The van der Waals surface area contributed by atoms with E-state index >= 15 is 0 Å². The largest absolute Gasteiger partial charge is 0.445 e. The molecular formula is C18H25NO2. The van der Waals surface area contributed by atoms with Gasteiger partial charge in [-0.3, -0.25) is 5.32 Å². The fraction of sp³-hybridized carbons (Fsp3) is 0.611. The number of anilines is 1. The molecule has 1 aromatic rings. The summed E-state index contributed by atoms with van der Waals surface area (Å²) >= 11 is 0. The zero-order chi connectivity index (χ0) is 15.3. The Bertz CT molecular complexity index is 549. The fourth-order valence-electron chi connectivity index (χ4n) is 4.22. The Balaban J connectivity index is 1.65. The first-order valence-electron chi connectivity index (χ1n) is 7.87. The van der Waals surface area contributed by atoms with Crippen molar-refractivity contribution in [3.8, 4) is 0 Å². The molecule has 2 bridgehead atoms. The highest BCUT2D eigenvalue weighted by molar-refractivity contribution is 5.84. The van der Waals surface area contributed by atoms with Crippen LogP contribution in [0.15, 0.2) is 24.3 Å². The number of amides is 1. The van der Waals surface area contributed by atoms with E-state index in [1.54, 1.807) is 0 Å². The van der Waals surface area contributed by atoms with E-state index in [0.29, 0.717) is 5.92 Å². The van der Waals surface area contributed by atoms with Gasteiger partial charge in [0.2, 0.25) is 0 Å². The van der Waals surface area contributed by atoms with Gasteiger partial charge in [-0.15, -0.1) is 0 Å². The molecule has 3 rings (SSSR count). The second-order valence-electron chi connectivity index (χ2n) is 7.50. The molecule has 2 saturated carbocycles. The second-order valence-corrected chi connectivity index (χ2v) is 7.50. The molecule has 2 fully saturated rings. The third-order valence-corrected chi connectivity index (χ3v) is 6.26. The summed E-state index contributed by atoms with van der Waals surface area (Å²) in [6.07, 6.45) is 3.14. The van der Waals surface area contributed by atoms with Gasteiger partial charge in [0, 0.05) is 11.1 Å². The zero-order valence-corrected chi connectivity index (χ0v) is 13.4. The molecule has 0 heterocycles. The zero-order valence-electron chi connectivity index (χ0n) is 13.4. The van der Waals surface area contributed by atoms with Crippen molar-refractivity contribution in [3.63, 3.8) is 0 Å². The summed E-state index contributed by atoms with van der Waals surface area (Å²) in [4.78, 5) is 12.1. The Labute approximate surface area is 127 Å². The summed E-state index contributed by atoms with van der Waals surface area (Å²) in [5.74, 6) is 0.680. The topological polar surface area (TPSA) is 38.3 Å². The number of nitrogens with one attached hydrogen (secondary N) is 1. The average Bonchev–Trinajstić information content (AvgIpc) is 2.74. The maximum absolute atomic E-state index is 12.1. The van der Waals surface area contributed by atoms with E-state index in [2.05, 4.69) is 26.1 Å². The molecule has 0 aromatic heterocycles. The van der Waals surface area contributed by atoms with Crippen LogP contribution < -0.4 is 5.32 Å². The van der Waals surface area contributed by atoms with Crippen molar-refractivity contribution in [2.24, 2.45) is 16.7 Å². The third kappa shape index (κ3) is 2.23. The van der Waals surface area contributed by atoms with Crippen LogP contribution in [0.4, 0.5) is 10.5 Å². The van der Waals surface area contributed by atoms with Crippen molar-refractivity contribution < 1.29 is 9.53 Å². The monoisotopic (exact) mass is 287 g/mol. The summed E-state index contributed by atoms with van der Waals surface area (Å²) in [6, 6.07) is 7.78. The molecule has 1 amide bonds. The van der Waals surface area contributed by atoms with E-state index in [4.69, 9.17) is 4.74 Å². The lowest BCUT2D eigenvalue weighted by Crippen LogP contribution is -2.39. The van der Waals surface area contributed by atoms with Crippen molar-refractivity contribution in [2.75, 3.05) is 5.32 Å². The SMILES string of the molecule is Cc1ccc(NC(=O)O[C@@H]2C[C@@H]3CC[C@]2(C)C3(C)C)cc1. The molecular weight excluding hydrogens is 262 g/mol. The highest BCUT2D eigenvalue weighted by atomic mass is 16.6. The molecule has 0 unspecified atom stereocenters. The molecule has 1 N–H and O–H groups in total. The van der Waals surface area contributed by atoms with Crippen molar-refractivity contribution in [1.29, 1.82) is 0 Å². The molecule has 3 nitrogen and oxygen atoms in total. The molecule has 0 aliphatic heterocycles. The van der Waals surface area contributed by atoms with Gasteiger partial charge in [-0.2, -0.15) is 0 Å². The van der Waals surface area contributed by atoms with Gasteiger partial charge < -0.3 is 4.74 Å². The lowest BCUT2D eigenvalue weighted by Gasteiger charge is -2.38. The Hall–Kier alpha value is -1.51. The quantitative estimate of drug-likeness (QED) is 0.851. The molecule has 3 atom stereocenters. The first-order valence-corrected chi connectivity index (χ1v) is 7.87. The minimum atomic E-state index is -0.326. The van der Waals surface area contributed by atoms with Crippen molar-refractivity contribution in [1.82, 2.24) is 0 Å².